The first-order valence-corrected chi connectivity index (χ1v) is 9.19. The lowest BCUT2D eigenvalue weighted by molar-refractivity contribution is -0.124. The number of carbonyl (C=O) groups excluding carboxylic acids is 2. The van der Waals surface area contributed by atoms with Crippen molar-refractivity contribution in [1.82, 2.24) is 10.2 Å². The average Bonchev–Trinajstić information content (AvgIpc) is 3.19. The molecule has 27 heavy (non-hydrogen) atoms. The van der Waals surface area contributed by atoms with Crippen LogP contribution in [0.15, 0.2) is 48.5 Å². The van der Waals surface area contributed by atoms with Crippen LogP contribution in [0, 0.1) is 5.92 Å². The fourth-order valence-corrected chi connectivity index (χ4v) is 3.23. The van der Waals surface area contributed by atoms with Gasteiger partial charge in [0.05, 0.1) is 13.0 Å². The lowest BCUT2D eigenvalue weighted by Gasteiger charge is -2.17. The highest BCUT2D eigenvalue weighted by Crippen LogP contribution is 2.25. The molecular formula is C21H25N3O3. The van der Waals surface area contributed by atoms with Crippen LogP contribution < -0.4 is 15.4 Å². The van der Waals surface area contributed by atoms with Gasteiger partial charge in [-0.3, -0.25) is 4.79 Å². The van der Waals surface area contributed by atoms with Crippen LogP contribution in [0.1, 0.15) is 13.3 Å². The molecule has 1 fully saturated rings. The Morgan fingerprint density at radius 3 is 2.63 bits per heavy atom. The van der Waals surface area contributed by atoms with Crippen LogP contribution in [0.25, 0.3) is 11.1 Å². The van der Waals surface area contributed by atoms with Crippen LogP contribution in [0.2, 0.25) is 0 Å². The minimum atomic E-state index is -0.170. The van der Waals surface area contributed by atoms with Gasteiger partial charge in [-0.15, -0.1) is 0 Å². The van der Waals surface area contributed by atoms with Gasteiger partial charge in [0.25, 0.3) is 0 Å². The molecule has 0 aromatic heterocycles. The Morgan fingerprint density at radius 1 is 1.15 bits per heavy atom. The molecule has 2 aromatic carbocycles. The highest BCUT2D eigenvalue weighted by molar-refractivity contribution is 5.90. The van der Waals surface area contributed by atoms with E-state index in [0.717, 1.165) is 22.6 Å². The summed E-state index contributed by atoms with van der Waals surface area (Å²) >= 11 is 0. The number of anilines is 1. The molecule has 1 saturated heterocycles. The summed E-state index contributed by atoms with van der Waals surface area (Å²) in [4.78, 5) is 26.0. The van der Waals surface area contributed by atoms with Gasteiger partial charge in [0.2, 0.25) is 5.91 Å². The topological polar surface area (TPSA) is 70.7 Å². The summed E-state index contributed by atoms with van der Waals surface area (Å²) in [5.74, 6) is 0.710. The highest BCUT2D eigenvalue weighted by Gasteiger charge is 2.30. The van der Waals surface area contributed by atoms with E-state index in [1.807, 2.05) is 55.5 Å². The molecular weight excluding hydrogens is 342 g/mol. The van der Waals surface area contributed by atoms with Gasteiger partial charge in [-0.05, 0) is 48.7 Å². The van der Waals surface area contributed by atoms with Crippen LogP contribution in [0.3, 0.4) is 0 Å². The molecule has 1 heterocycles. The van der Waals surface area contributed by atoms with E-state index < -0.39 is 0 Å². The van der Waals surface area contributed by atoms with E-state index in [4.69, 9.17) is 4.74 Å². The molecule has 3 amide bonds. The number of methoxy groups -OCH3 is 1. The molecule has 0 spiro atoms. The number of rotatable bonds is 5. The number of benzene rings is 2. The highest BCUT2D eigenvalue weighted by atomic mass is 16.5. The van der Waals surface area contributed by atoms with Crippen LogP contribution in [0.4, 0.5) is 10.5 Å². The van der Waals surface area contributed by atoms with Gasteiger partial charge in [-0.1, -0.05) is 24.3 Å². The summed E-state index contributed by atoms with van der Waals surface area (Å²) in [6, 6.07) is 15.4. The molecule has 2 aromatic rings. The van der Waals surface area contributed by atoms with Gasteiger partial charge in [-0.25, -0.2) is 4.79 Å². The molecule has 0 aliphatic carbocycles. The maximum absolute atomic E-state index is 12.4. The molecule has 6 nitrogen and oxygen atoms in total. The van der Waals surface area contributed by atoms with Crippen molar-refractivity contribution in [3.63, 3.8) is 0 Å². The summed E-state index contributed by atoms with van der Waals surface area (Å²) in [5.41, 5.74) is 2.83. The second-order valence-corrected chi connectivity index (χ2v) is 6.57. The number of amides is 3. The first-order valence-electron chi connectivity index (χ1n) is 9.19. The number of ether oxygens (including phenoxy) is 1. The van der Waals surface area contributed by atoms with Crippen molar-refractivity contribution in [3.05, 3.63) is 48.5 Å². The summed E-state index contributed by atoms with van der Waals surface area (Å²) in [7, 11) is 1.65. The van der Waals surface area contributed by atoms with Crippen molar-refractivity contribution in [2.75, 3.05) is 32.1 Å². The molecule has 3 rings (SSSR count). The predicted molar refractivity (Wildman–Crippen MR) is 106 cm³/mol. The average molecular weight is 367 g/mol. The van der Waals surface area contributed by atoms with E-state index in [9.17, 15) is 9.59 Å². The van der Waals surface area contributed by atoms with Crippen LogP contribution in [-0.2, 0) is 4.79 Å². The SMILES string of the molecule is CCNC(=O)[C@H]1CCN(C(=O)Nc2ccc(-c3cccc(OC)c3)cc2)C1. The number of carbonyl (C=O) groups is 2. The largest absolute Gasteiger partial charge is 0.497 e. The second kappa shape index (κ2) is 8.58. The molecule has 1 aliphatic rings. The Morgan fingerprint density at radius 2 is 1.93 bits per heavy atom. The number of hydrogen-bond acceptors (Lipinski definition) is 3. The Kier molecular flexibility index (Phi) is 5.96. The maximum atomic E-state index is 12.4. The predicted octanol–water partition coefficient (Wildman–Crippen LogP) is 3.35. The van der Waals surface area contributed by atoms with E-state index in [2.05, 4.69) is 10.6 Å². The zero-order valence-electron chi connectivity index (χ0n) is 15.7. The Labute approximate surface area is 159 Å². The molecule has 0 saturated carbocycles. The number of nitrogens with one attached hydrogen (secondary N) is 2. The molecule has 2 N–H and O–H groups in total. The van der Waals surface area contributed by atoms with Crippen molar-refractivity contribution in [2.24, 2.45) is 5.92 Å². The Balaban J connectivity index is 1.60. The molecule has 1 atom stereocenters. The van der Waals surface area contributed by atoms with Crippen molar-refractivity contribution < 1.29 is 14.3 Å². The number of nitrogens with zero attached hydrogens (tertiary/aromatic N) is 1. The third-order valence-electron chi connectivity index (χ3n) is 4.74. The van der Waals surface area contributed by atoms with Gasteiger partial charge in [0.15, 0.2) is 0 Å². The van der Waals surface area contributed by atoms with Crippen LogP contribution in [-0.4, -0.2) is 43.6 Å². The summed E-state index contributed by atoms with van der Waals surface area (Å²) in [6.07, 6.45) is 0.702. The summed E-state index contributed by atoms with van der Waals surface area (Å²) in [5, 5.41) is 5.73. The smallest absolute Gasteiger partial charge is 0.321 e. The first-order chi connectivity index (χ1) is 13.1. The lowest BCUT2D eigenvalue weighted by Crippen LogP contribution is -2.36. The van der Waals surface area contributed by atoms with E-state index in [0.29, 0.717) is 26.1 Å². The van der Waals surface area contributed by atoms with Crippen molar-refractivity contribution in [2.45, 2.75) is 13.3 Å². The third kappa shape index (κ3) is 4.58. The lowest BCUT2D eigenvalue weighted by atomic mass is 10.1. The fourth-order valence-electron chi connectivity index (χ4n) is 3.23. The first kappa shape index (κ1) is 18.8. The molecule has 0 unspecified atom stereocenters. The minimum Gasteiger partial charge on any atom is -0.497 e. The normalized spacial score (nSPS) is 16.1. The van der Waals surface area contributed by atoms with Gasteiger partial charge in [0.1, 0.15) is 5.75 Å². The van der Waals surface area contributed by atoms with Crippen LogP contribution >= 0.6 is 0 Å². The summed E-state index contributed by atoms with van der Waals surface area (Å²) in [6.45, 7) is 3.56. The minimum absolute atomic E-state index is 0.0236. The second-order valence-electron chi connectivity index (χ2n) is 6.57. The van der Waals surface area contributed by atoms with E-state index in [1.54, 1.807) is 12.0 Å². The Hall–Kier alpha value is -3.02. The number of urea groups is 1. The van der Waals surface area contributed by atoms with Crippen molar-refractivity contribution in [3.8, 4) is 16.9 Å². The van der Waals surface area contributed by atoms with E-state index >= 15 is 0 Å². The van der Waals surface area contributed by atoms with Crippen molar-refractivity contribution in [1.29, 1.82) is 0 Å². The van der Waals surface area contributed by atoms with Crippen LogP contribution in [0.5, 0.6) is 5.75 Å². The molecule has 0 radical (unpaired) electrons. The molecule has 0 bridgehead atoms. The van der Waals surface area contributed by atoms with E-state index in [1.165, 1.54) is 0 Å². The van der Waals surface area contributed by atoms with E-state index in [-0.39, 0.29) is 17.9 Å². The Bertz CT molecular complexity index is 805. The zero-order valence-corrected chi connectivity index (χ0v) is 15.7. The summed E-state index contributed by atoms with van der Waals surface area (Å²) < 4.78 is 5.26. The number of hydrogen-bond donors (Lipinski definition) is 2. The zero-order chi connectivity index (χ0) is 19.2. The standard InChI is InChI=1S/C21H25N3O3/c1-3-22-20(25)17-11-12-24(14-17)21(26)23-18-9-7-15(8-10-18)16-5-4-6-19(13-16)27-2/h4-10,13,17H,3,11-12,14H2,1-2H3,(H,22,25)(H,23,26)/t17-/m0/s1. The fraction of sp³-hybridized carbons (Fsp3) is 0.333. The monoisotopic (exact) mass is 367 g/mol. The van der Waals surface area contributed by atoms with Gasteiger partial charge < -0.3 is 20.3 Å². The number of likely N-dealkylation sites (tertiary alicyclic amines) is 1. The van der Waals surface area contributed by atoms with Gasteiger partial charge >= 0.3 is 6.03 Å². The molecule has 6 heteroatoms. The quantitative estimate of drug-likeness (QED) is 0.851. The van der Waals surface area contributed by atoms with Gasteiger partial charge in [-0.2, -0.15) is 0 Å². The van der Waals surface area contributed by atoms with Crippen molar-refractivity contribution >= 4 is 17.6 Å². The maximum Gasteiger partial charge on any atom is 0.321 e. The van der Waals surface area contributed by atoms with Gasteiger partial charge in [0, 0.05) is 25.3 Å². The third-order valence-corrected chi connectivity index (χ3v) is 4.74. The molecule has 142 valence electrons. The molecule has 1 aliphatic heterocycles.